The molecule has 32 heavy (non-hydrogen) atoms. The van der Waals surface area contributed by atoms with Crippen molar-refractivity contribution in [3.8, 4) is 10.6 Å². The molecule has 0 amide bonds. The molecule has 0 saturated heterocycles. The number of benzene rings is 1. The molecule has 1 aromatic carbocycles. The normalized spacial score (nSPS) is 31.2. The minimum Gasteiger partial charge on any atom is -0.333 e. The lowest BCUT2D eigenvalue weighted by Crippen LogP contribution is -2.58. The molecule has 2 unspecified atom stereocenters. The largest absolute Gasteiger partial charge is 0.333 e. The van der Waals surface area contributed by atoms with Crippen LogP contribution in [0.1, 0.15) is 44.3 Å². The van der Waals surface area contributed by atoms with E-state index in [2.05, 4.69) is 57.8 Å². The smallest absolute Gasteiger partial charge is 0.149 e. The van der Waals surface area contributed by atoms with Crippen LogP contribution in [-0.4, -0.2) is 13.9 Å². The quantitative estimate of drug-likeness (QED) is 0.269. The molecule has 5 aromatic rings. The van der Waals surface area contributed by atoms with Crippen LogP contribution in [0.15, 0.2) is 53.2 Å². The summed E-state index contributed by atoms with van der Waals surface area (Å²) < 4.78 is 10.8. The van der Waals surface area contributed by atoms with E-state index in [4.69, 9.17) is 9.36 Å². The Morgan fingerprint density at radius 2 is 1.53 bits per heavy atom. The highest BCUT2D eigenvalue weighted by atomic mass is 32.1. The molecule has 9 rings (SSSR count). The molecule has 4 heterocycles. The van der Waals surface area contributed by atoms with Crippen LogP contribution in [0.4, 0.5) is 0 Å². The number of aromatic nitrogens is 3. The molecule has 0 N–H and O–H groups in total. The van der Waals surface area contributed by atoms with E-state index in [0.717, 1.165) is 22.7 Å². The average Bonchev–Trinajstić information content (AvgIpc) is 3.55. The molecular formula is C26H23N3S3. The van der Waals surface area contributed by atoms with Gasteiger partial charge < -0.3 is 4.57 Å². The zero-order valence-corrected chi connectivity index (χ0v) is 20.1. The van der Waals surface area contributed by atoms with Gasteiger partial charge in [0.15, 0.2) is 0 Å². The lowest BCUT2D eigenvalue weighted by Gasteiger charge is -2.62. The predicted molar refractivity (Wildman–Crippen MR) is 135 cm³/mol. The van der Waals surface area contributed by atoms with Gasteiger partial charge in [0.1, 0.15) is 10.8 Å². The van der Waals surface area contributed by atoms with E-state index in [1.54, 1.807) is 11.5 Å². The monoisotopic (exact) mass is 473 g/mol. The van der Waals surface area contributed by atoms with Gasteiger partial charge in [0.05, 0.1) is 20.4 Å². The van der Waals surface area contributed by atoms with Crippen molar-refractivity contribution in [2.75, 3.05) is 0 Å². The van der Waals surface area contributed by atoms with Gasteiger partial charge in [0.2, 0.25) is 0 Å². The summed E-state index contributed by atoms with van der Waals surface area (Å²) in [6, 6.07) is 15.3. The van der Waals surface area contributed by atoms with Gasteiger partial charge in [-0.1, -0.05) is 30.3 Å². The fourth-order valence-electron chi connectivity index (χ4n) is 7.81. The predicted octanol–water partition coefficient (Wildman–Crippen LogP) is 7.68. The molecule has 4 aliphatic carbocycles. The standard InChI is InChI=1S/C26H23N3S3/c1-2-4-18(5-3-1)23-27-24(28-32-23)25-11-16-10-17(12-25)14-26(13-16,15-25)29-19-6-8-30-21(19)22-20(29)7-9-31-22/h1-9,16-17H,10-15H2. The van der Waals surface area contributed by atoms with Crippen molar-refractivity contribution >= 4 is 54.6 Å². The van der Waals surface area contributed by atoms with Crippen LogP contribution < -0.4 is 0 Å². The molecule has 4 aromatic heterocycles. The Morgan fingerprint density at radius 1 is 0.844 bits per heavy atom. The van der Waals surface area contributed by atoms with Crippen molar-refractivity contribution in [1.82, 2.24) is 13.9 Å². The first-order chi connectivity index (χ1) is 15.7. The van der Waals surface area contributed by atoms with E-state index < -0.39 is 0 Å². The minimum absolute atomic E-state index is 0.141. The van der Waals surface area contributed by atoms with Crippen molar-refractivity contribution in [3.63, 3.8) is 0 Å². The second-order valence-electron chi connectivity index (χ2n) is 10.4. The van der Waals surface area contributed by atoms with E-state index in [1.165, 1.54) is 64.5 Å². The Kier molecular flexibility index (Phi) is 3.63. The van der Waals surface area contributed by atoms with Crippen LogP contribution in [0.25, 0.3) is 31.0 Å². The van der Waals surface area contributed by atoms with Gasteiger partial charge in [-0.05, 0) is 84.8 Å². The third-order valence-corrected chi connectivity index (χ3v) is 11.1. The van der Waals surface area contributed by atoms with Crippen LogP contribution in [0.2, 0.25) is 0 Å². The SMILES string of the molecule is c1ccc(-c2nc(C34CC5CC(C3)CC(n3c6ccsc6c6sccc63)(C5)C4)ns2)cc1. The second-order valence-corrected chi connectivity index (χ2v) is 12.9. The van der Waals surface area contributed by atoms with Crippen molar-refractivity contribution in [2.45, 2.75) is 49.5 Å². The van der Waals surface area contributed by atoms with Crippen molar-refractivity contribution in [3.05, 3.63) is 59.0 Å². The summed E-state index contributed by atoms with van der Waals surface area (Å²) in [5.74, 6) is 2.73. The van der Waals surface area contributed by atoms with Gasteiger partial charge in [-0.2, -0.15) is 4.37 Å². The highest BCUT2D eigenvalue weighted by molar-refractivity contribution is 7.25. The molecule has 6 heteroatoms. The maximum atomic E-state index is 5.19. The highest BCUT2D eigenvalue weighted by Crippen LogP contribution is 2.65. The third-order valence-electron chi connectivity index (χ3n) is 8.40. The number of fused-ring (bicyclic) bond motifs is 3. The average molecular weight is 474 g/mol. The Labute approximate surface area is 198 Å². The molecule has 0 radical (unpaired) electrons. The first-order valence-corrected chi connectivity index (χ1v) is 14.1. The zero-order chi connectivity index (χ0) is 20.9. The van der Waals surface area contributed by atoms with Gasteiger partial charge in [0.25, 0.3) is 0 Å². The molecule has 0 spiro atoms. The van der Waals surface area contributed by atoms with E-state index in [-0.39, 0.29) is 11.0 Å². The Balaban J connectivity index is 1.29. The summed E-state index contributed by atoms with van der Waals surface area (Å²) in [6.07, 6.45) is 7.80. The molecular weight excluding hydrogens is 451 g/mol. The first kappa shape index (κ1) is 18.4. The third kappa shape index (κ3) is 2.36. The van der Waals surface area contributed by atoms with Crippen LogP contribution >= 0.6 is 34.2 Å². The number of hydrogen-bond donors (Lipinski definition) is 0. The molecule has 4 bridgehead atoms. The topological polar surface area (TPSA) is 30.7 Å². The summed E-state index contributed by atoms with van der Waals surface area (Å²) >= 11 is 5.41. The molecule has 2 atom stereocenters. The Bertz CT molecular complexity index is 1410. The fraction of sp³-hybridized carbons (Fsp3) is 0.385. The first-order valence-electron chi connectivity index (χ1n) is 11.6. The summed E-state index contributed by atoms with van der Waals surface area (Å²) in [5.41, 5.74) is 4.48. The van der Waals surface area contributed by atoms with E-state index >= 15 is 0 Å². The molecule has 4 aliphatic rings. The lowest BCUT2D eigenvalue weighted by molar-refractivity contribution is -0.0615. The molecule has 160 valence electrons. The maximum Gasteiger partial charge on any atom is 0.149 e. The summed E-state index contributed by atoms with van der Waals surface area (Å²) in [4.78, 5) is 5.19. The summed E-state index contributed by atoms with van der Waals surface area (Å²) in [7, 11) is 0. The number of hydrogen-bond acceptors (Lipinski definition) is 5. The van der Waals surface area contributed by atoms with Crippen molar-refractivity contribution in [1.29, 1.82) is 0 Å². The van der Waals surface area contributed by atoms with Gasteiger partial charge in [-0.25, -0.2) is 4.98 Å². The minimum atomic E-state index is 0.141. The van der Waals surface area contributed by atoms with Gasteiger partial charge in [0, 0.05) is 16.5 Å². The lowest BCUT2D eigenvalue weighted by atomic mass is 9.46. The van der Waals surface area contributed by atoms with Crippen LogP contribution in [0.3, 0.4) is 0 Å². The van der Waals surface area contributed by atoms with E-state index in [0.29, 0.717) is 0 Å². The van der Waals surface area contributed by atoms with Crippen molar-refractivity contribution in [2.24, 2.45) is 11.8 Å². The van der Waals surface area contributed by atoms with Gasteiger partial charge in [-0.3, -0.25) is 0 Å². The maximum absolute atomic E-state index is 5.19. The van der Waals surface area contributed by atoms with E-state index in [1.807, 2.05) is 22.7 Å². The molecule has 0 aliphatic heterocycles. The fourth-order valence-corrected chi connectivity index (χ4v) is 10.5. The highest BCUT2D eigenvalue weighted by Gasteiger charge is 2.60. The molecule has 4 saturated carbocycles. The summed E-state index contributed by atoms with van der Waals surface area (Å²) in [5, 5.41) is 5.64. The number of nitrogens with zero attached hydrogens (tertiary/aromatic N) is 3. The van der Waals surface area contributed by atoms with Gasteiger partial charge in [-0.15, -0.1) is 22.7 Å². The summed E-state index contributed by atoms with van der Waals surface area (Å²) in [6.45, 7) is 0. The number of thiophene rings is 2. The van der Waals surface area contributed by atoms with Crippen LogP contribution in [0.5, 0.6) is 0 Å². The van der Waals surface area contributed by atoms with Gasteiger partial charge >= 0.3 is 0 Å². The Morgan fingerprint density at radius 3 is 2.22 bits per heavy atom. The van der Waals surface area contributed by atoms with Crippen LogP contribution in [0, 0.1) is 11.8 Å². The van der Waals surface area contributed by atoms with Crippen molar-refractivity contribution < 1.29 is 0 Å². The second kappa shape index (κ2) is 6.31. The van der Waals surface area contributed by atoms with E-state index in [9.17, 15) is 0 Å². The number of rotatable bonds is 3. The zero-order valence-electron chi connectivity index (χ0n) is 17.7. The Hall–Kier alpha value is -2.02. The molecule has 4 fully saturated rings. The van der Waals surface area contributed by atoms with Crippen LogP contribution in [-0.2, 0) is 11.0 Å². The molecule has 3 nitrogen and oxygen atoms in total.